The second-order valence-electron chi connectivity index (χ2n) is 7.56. The van der Waals surface area contributed by atoms with Crippen LogP contribution in [0.2, 0.25) is 5.02 Å². The number of nitrogens with two attached hydrogens (primary N) is 1. The summed E-state index contributed by atoms with van der Waals surface area (Å²) in [7, 11) is 0. The van der Waals surface area contributed by atoms with Crippen LogP contribution in [0, 0.1) is 16.0 Å². The number of anilines is 2. The number of nitrogen functional groups attached to an aromatic ring is 1. The van der Waals surface area contributed by atoms with Gasteiger partial charge in [-0.15, -0.1) is 0 Å². The van der Waals surface area contributed by atoms with Gasteiger partial charge in [-0.1, -0.05) is 38.8 Å². The van der Waals surface area contributed by atoms with E-state index >= 15 is 0 Å². The summed E-state index contributed by atoms with van der Waals surface area (Å²) in [6.45, 7) is 6.29. The van der Waals surface area contributed by atoms with Gasteiger partial charge in [0.05, 0.1) is 15.5 Å². The molecule has 0 atom stereocenters. The summed E-state index contributed by atoms with van der Waals surface area (Å²) in [4.78, 5) is 52.0. The highest BCUT2D eigenvalue weighted by Gasteiger charge is 2.27. The lowest BCUT2D eigenvalue weighted by atomic mass is 10.1. The molecule has 2 rings (SSSR count). The molecular formula is C20H26ClN5O5. The highest BCUT2D eigenvalue weighted by atomic mass is 35.5. The van der Waals surface area contributed by atoms with Crippen molar-refractivity contribution in [2.75, 3.05) is 17.2 Å². The smallest absolute Gasteiger partial charge is 0.330 e. The first-order valence-corrected chi connectivity index (χ1v) is 10.3. The fourth-order valence-corrected chi connectivity index (χ4v) is 3.27. The Hall–Kier alpha value is -3.14. The van der Waals surface area contributed by atoms with Crippen molar-refractivity contribution >= 4 is 34.7 Å². The van der Waals surface area contributed by atoms with Crippen molar-refractivity contribution in [2.24, 2.45) is 5.92 Å². The molecule has 0 radical (unpaired) electrons. The third-order valence-corrected chi connectivity index (χ3v) is 5.10. The number of nitro groups is 1. The summed E-state index contributed by atoms with van der Waals surface area (Å²) in [5.41, 5.74) is 4.32. The lowest BCUT2D eigenvalue weighted by Crippen LogP contribution is -2.42. The zero-order valence-corrected chi connectivity index (χ0v) is 18.4. The molecule has 3 N–H and O–H groups in total. The average Bonchev–Trinajstić information content (AvgIpc) is 2.69. The van der Waals surface area contributed by atoms with Gasteiger partial charge in [-0.05, 0) is 24.8 Å². The number of amides is 1. The van der Waals surface area contributed by atoms with Gasteiger partial charge in [0.15, 0.2) is 5.69 Å². The number of non-ortho nitro benzene ring substituents is 1. The number of unbranched alkanes of at least 4 members (excludes halogenated alkanes) is 1. The first kappa shape index (κ1) is 24.1. The number of H-pyrrole nitrogens is 1. The summed E-state index contributed by atoms with van der Waals surface area (Å²) in [6.07, 6.45) is 2.00. The molecule has 1 aromatic carbocycles. The van der Waals surface area contributed by atoms with Crippen molar-refractivity contribution in [1.82, 2.24) is 9.55 Å². The fourth-order valence-electron chi connectivity index (χ4n) is 3.02. The molecule has 10 nitrogen and oxygen atoms in total. The standard InChI is InChI=1S/C20H26ClN5O5/c1-4-5-9-25-17(22)16(18(27)23-20(25)29)24(10-8-12(2)3)19(28)14-7-6-13(26(30)31)11-15(14)21/h6-7,11-12H,4-5,8-10,22H2,1-3H3,(H,23,27,29). The van der Waals surface area contributed by atoms with E-state index in [0.717, 1.165) is 18.6 Å². The number of aromatic nitrogens is 2. The van der Waals surface area contributed by atoms with Gasteiger partial charge in [-0.2, -0.15) is 0 Å². The van der Waals surface area contributed by atoms with E-state index in [9.17, 15) is 24.5 Å². The maximum Gasteiger partial charge on any atom is 0.330 e. The van der Waals surface area contributed by atoms with E-state index in [4.69, 9.17) is 17.3 Å². The number of carbonyl (C=O) groups excluding carboxylic acids is 1. The Morgan fingerprint density at radius 1 is 1.35 bits per heavy atom. The molecule has 0 aliphatic rings. The van der Waals surface area contributed by atoms with Crippen LogP contribution < -0.4 is 21.9 Å². The number of rotatable bonds is 9. The van der Waals surface area contributed by atoms with Crippen LogP contribution in [-0.4, -0.2) is 26.9 Å². The number of nitrogens with zero attached hydrogens (tertiary/aromatic N) is 3. The van der Waals surface area contributed by atoms with Crippen molar-refractivity contribution in [3.63, 3.8) is 0 Å². The summed E-state index contributed by atoms with van der Waals surface area (Å²) in [5.74, 6) is -0.551. The van der Waals surface area contributed by atoms with Gasteiger partial charge in [-0.25, -0.2) is 4.79 Å². The van der Waals surface area contributed by atoms with Crippen LogP contribution in [0.3, 0.4) is 0 Å². The summed E-state index contributed by atoms with van der Waals surface area (Å²) < 4.78 is 1.23. The minimum atomic E-state index is -0.787. The van der Waals surface area contributed by atoms with E-state index in [2.05, 4.69) is 4.98 Å². The van der Waals surface area contributed by atoms with Gasteiger partial charge >= 0.3 is 5.69 Å². The first-order valence-electron chi connectivity index (χ1n) is 9.96. The van der Waals surface area contributed by atoms with Crippen LogP contribution in [0.1, 0.15) is 50.4 Å². The molecule has 1 heterocycles. The molecule has 0 saturated heterocycles. The third kappa shape index (κ3) is 5.52. The Bertz CT molecular complexity index is 1090. The van der Waals surface area contributed by atoms with E-state index in [-0.39, 0.29) is 46.8 Å². The highest BCUT2D eigenvalue weighted by Crippen LogP contribution is 2.27. The molecule has 0 bridgehead atoms. The number of benzene rings is 1. The van der Waals surface area contributed by atoms with Gasteiger partial charge in [0.2, 0.25) is 0 Å². The Labute approximate surface area is 183 Å². The highest BCUT2D eigenvalue weighted by molar-refractivity contribution is 6.34. The maximum absolute atomic E-state index is 13.4. The lowest BCUT2D eigenvalue weighted by molar-refractivity contribution is -0.384. The predicted octanol–water partition coefficient (Wildman–Crippen LogP) is 3.17. The molecule has 11 heteroatoms. The minimum absolute atomic E-state index is 0.0128. The molecule has 0 aliphatic carbocycles. The SMILES string of the molecule is CCCCn1c(N)c(N(CCC(C)C)C(=O)c2ccc([N+](=O)[O-])cc2Cl)c(=O)[nH]c1=O. The second-order valence-corrected chi connectivity index (χ2v) is 7.97. The Morgan fingerprint density at radius 3 is 2.58 bits per heavy atom. The Kier molecular flexibility index (Phi) is 7.98. The second kappa shape index (κ2) is 10.3. The van der Waals surface area contributed by atoms with Crippen molar-refractivity contribution in [3.8, 4) is 0 Å². The zero-order chi connectivity index (χ0) is 23.3. The van der Waals surface area contributed by atoms with Gasteiger partial charge < -0.3 is 10.6 Å². The normalized spacial score (nSPS) is 11.0. The van der Waals surface area contributed by atoms with Crippen LogP contribution in [0.4, 0.5) is 17.2 Å². The van der Waals surface area contributed by atoms with E-state index < -0.39 is 22.1 Å². The molecule has 0 aliphatic heterocycles. The quantitative estimate of drug-likeness (QED) is 0.442. The van der Waals surface area contributed by atoms with Crippen LogP contribution in [0.25, 0.3) is 0 Å². The van der Waals surface area contributed by atoms with Crippen molar-refractivity contribution < 1.29 is 9.72 Å². The number of hydrogen-bond donors (Lipinski definition) is 2. The van der Waals surface area contributed by atoms with E-state index in [1.807, 2.05) is 20.8 Å². The Balaban J connectivity index is 2.62. The molecule has 168 valence electrons. The Morgan fingerprint density at radius 2 is 2.03 bits per heavy atom. The number of aromatic amines is 1. The van der Waals surface area contributed by atoms with Crippen LogP contribution >= 0.6 is 11.6 Å². The number of nitrogens with one attached hydrogen (secondary N) is 1. The molecule has 31 heavy (non-hydrogen) atoms. The topological polar surface area (TPSA) is 144 Å². The number of nitro benzene ring substituents is 1. The summed E-state index contributed by atoms with van der Waals surface area (Å²) >= 11 is 6.14. The predicted molar refractivity (Wildman–Crippen MR) is 120 cm³/mol. The minimum Gasteiger partial charge on any atom is -0.383 e. The van der Waals surface area contributed by atoms with Crippen molar-refractivity contribution in [2.45, 2.75) is 46.6 Å². The zero-order valence-electron chi connectivity index (χ0n) is 17.7. The van der Waals surface area contributed by atoms with Crippen molar-refractivity contribution in [3.05, 3.63) is 59.7 Å². The molecule has 0 saturated carbocycles. The molecule has 0 unspecified atom stereocenters. The van der Waals surface area contributed by atoms with E-state index in [1.165, 1.54) is 15.5 Å². The fraction of sp³-hybridized carbons (Fsp3) is 0.450. The number of hydrogen-bond acceptors (Lipinski definition) is 6. The monoisotopic (exact) mass is 451 g/mol. The largest absolute Gasteiger partial charge is 0.383 e. The van der Waals surface area contributed by atoms with Gasteiger partial charge in [0, 0.05) is 25.2 Å². The van der Waals surface area contributed by atoms with Crippen LogP contribution in [0.15, 0.2) is 27.8 Å². The summed E-state index contributed by atoms with van der Waals surface area (Å²) in [5, 5.41) is 10.8. The molecule has 2 aromatic rings. The third-order valence-electron chi connectivity index (χ3n) is 4.79. The first-order chi connectivity index (χ1) is 14.6. The maximum atomic E-state index is 13.4. The molecule has 1 amide bonds. The van der Waals surface area contributed by atoms with Crippen LogP contribution in [-0.2, 0) is 6.54 Å². The van der Waals surface area contributed by atoms with Gasteiger partial charge in [0.25, 0.3) is 17.2 Å². The molecular weight excluding hydrogens is 426 g/mol. The summed E-state index contributed by atoms with van der Waals surface area (Å²) in [6, 6.07) is 3.48. The van der Waals surface area contributed by atoms with E-state index in [0.29, 0.717) is 12.8 Å². The number of carbonyl (C=O) groups is 1. The van der Waals surface area contributed by atoms with E-state index in [1.54, 1.807) is 0 Å². The lowest BCUT2D eigenvalue weighted by Gasteiger charge is -2.25. The molecule has 1 aromatic heterocycles. The van der Waals surface area contributed by atoms with Gasteiger partial charge in [0.1, 0.15) is 5.82 Å². The van der Waals surface area contributed by atoms with Crippen molar-refractivity contribution in [1.29, 1.82) is 0 Å². The molecule has 0 spiro atoms. The molecule has 0 fully saturated rings. The average molecular weight is 452 g/mol. The van der Waals surface area contributed by atoms with Gasteiger partial charge in [-0.3, -0.25) is 29.3 Å². The number of halogens is 1. The van der Waals surface area contributed by atoms with Crippen LogP contribution in [0.5, 0.6) is 0 Å².